The van der Waals surface area contributed by atoms with Crippen LogP contribution in [0.25, 0.3) is 0 Å². The van der Waals surface area contributed by atoms with E-state index in [4.69, 9.17) is 5.73 Å². The molecule has 0 spiro atoms. The van der Waals surface area contributed by atoms with Crippen molar-refractivity contribution in [3.8, 4) is 0 Å². The summed E-state index contributed by atoms with van der Waals surface area (Å²) in [6, 6.07) is 0.367. The van der Waals surface area contributed by atoms with Crippen molar-refractivity contribution < 1.29 is 0 Å². The highest BCUT2D eigenvalue weighted by atomic mass is 14.7. The minimum absolute atomic E-state index is 0.367. The van der Waals surface area contributed by atoms with E-state index < -0.39 is 0 Å². The maximum atomic E-state index is 5.04. The summed E-state index contributed by atoms with van der Waals surface area (Å²) in [6.45, 7) is 4.03. The molecule has 46 valence electrons. The van der Waals surface area contributed by atoms with Gasteiger partial charge in [0.25, 0.3) is 0 Å². The van der Waals surface area contributed by atoms with Crippen molar-refractivity contribution in [1.82, 2.24) is 0 Å². The number of hydrogen-bond acceptors (Lipinski definition) is 2. The van der Waals surface area contributed by atoms with Crippen LogP contribution in [0.4, 0.5) is 0 Å². The van der Waals surface area contributed by atoms with E-state index in [9.17, 15) is 0 Å². The van der Waals surface area contributed by atoms with Gasteiger partial charge in [-0.15, -0.1) is 0 Å². The van der Waals surface area contributed by atoms with E-state index in [1.165, 1.54) is 6.20 Å². The molecule has 0 aliphatic rings. The highest BCUT2D eigenvalue weighted by Gasteiger charge is 1.78. The minimum Gasteiger partial charge on any atom is -0.405 e. The molecular formula is C6H12N2. The molecule has 0 unspecified atom stereocenters. The predicted octanol–water partition coefficient (Wildman–Crippen LogP) is 0.938. The van der Waals surface area contributed by atoms with Gasteiger partial charge in [0.15, 0.2) is 0 Å². The summed E-state index contributed by atoms with van der Waals surface area (Å²) >= 11 is 0. The number of aliphatic imine (C=N–C) groups is 1. The van der Waals surface area contributed by atoms with E-state index in [-0.39, 0.29) is 0 Å². The van der Waals surface area contributed by atoms with E-state index in [0.717, 1.165) is 0 Å². The quantitative estimate of drug-likeness (QED) is 0.530. The third kappa shape index (κ3) is 5.21. The van der Waals surface area contributed by atoms with E-state index in [1.54, 1.807) is 12.3 Å². The first-order valence-electron chi connectivity index (χ1n) is 2.67. The summed E-state index contributed by atoms with van der Waals surface area (Å²) in [7, 11) is 0. The molecule has 0 saturated carbocycles. The summed E-state index contributed by atoms with van der Waals surface area (Å²) in [4.78, 5) is 4.02. The number of allylic oxidation sites excluding steroid dienone is 1. The average Bonchev–Trinajstić information content (AvgIpc) is 1.66. The van der Waals surface area contributed by atoms with Gasteiger partial charge in [-0.25, -0.2) is 0 Å². The van der Waals surface area contributed by atoms with E-state index in [0.29, 0.717) is 6.04 Å². The SMILES string of the molecule is CC(C)N=C/C=C\N. The van der Waals surface area contributed by atoms with Crippen molar-refractivity contribution in [3.05, 3.63) is 12.3 Å². The number of nitrogens with two attached hydrogens (primary N) is 1. The van der Waals surface area contributed by atoms with Crippen LogP contribution in [0.15, 0.2) is 17.3 Å². The molecule has 0 heterocycles. The van der Waals surface area contributed by atoms with Crippen molar-refractivity contribution in [1.29, 1.82) is 0 Å². The van der Waals surface area contributed by atoms with E-state index in [2.05, 4.69) is 4.99 Å². The fourth-order valence-corrected chi connectivity index (χ4v) is 0.272. The lowest BCUT2D eigenvalue weighted by molar-refractivity contribution is 0.842. The molecule has 0 amide bonds. The summed E-state index contributed by atoms with van der Waals surface area (Å²) in [5, 5.41) is 0. The molecule has 0 aliphatic heterocycles. The standard InChI is InChI=1S/C6H12N2/c1-6(2)8-5-3-4-7/h3-6H,7H2,1-2H3/b4-3-,8-5?. The van der Waals surface area contributed by atoms with Crippen LogP contribution >= 0.6 is 0 Å². The molecule has 0 aromatic rings. The lowest BCUT2D eigenvalue weighted by atomic mass is 10.4. The van der Waals surface area contributed by atoms with Gasteiger partial charge in [0.2, 0.25) is 0 Å². The van der Waals surface area contributed by atoms with Crippen LogP contribution in [0.5, 0.6) is 0 Å². The minimum atomic E-state index is 0.367. The van der Waals surface area contributed by atoms with Crippen LogP contribution in [0.1, 0.15) is 13.8 Å². The first-order valence-corrected chi connectivity index (χ1v) is 2.67. The fraction of sp³-hybridized carbons (Fsp3) is 0.500. The van der Waals surface area contributed by atoms with Gasteiger partial charge in [-0.05, 0) is 26.1 Å². The van der Waals surface area contributed by atoms with E-state index in [1.807, 2.05) is 13.8 Å². The second-order valence-electron chi connectivity index (χ2n) is 1.78. The predicted molar refractivity (Wildman–Crippen MR) is 37.0 cm³/mol. The van der Waals surface area contributed by atoms with Crippen LogP contribution < -0.4 is 5.73 Å². The van der Waals surface area contributed by atoms with Gasteiger partial charge in [0, 0.05) is 12.3 Å². The monoisotopic (exact) mass is 112 g/mol. The van der Waals surface area contributed by atoms with Gasteiger partial charge in [-0.2, -0.15) is 0 Å². The van der Waals surface area contributed by atoms with E-state index >= 15 is 0 Å². The van der Waals surface area contributed by atoms with Gasteiger partial charge < -0.3 is 5.73 Å². The zero-order chi connectivity index (χ0) is 6.41. The molecule has 0 saturated heterocycles. The normalized spacial score (nSPS) is 12.4. The van der Waals surface area contributed by atoms with Crippen molar-refractivity contribution >= 4 is 6.21 Å². The van der Waals surface area contributed by atoms with Crippen LogP contribution in [0.3, 0.4) is 0 Å². The number of hydrogen-bond donors (Lipinski definition) is 1. The Bertz CT molecular complexity index is 92.7. The molecule has 0 aromatic heterocycles. The summed E-state index contributed by atoms with van der Waals surface area (Å²) in [5.41, 5.74) is 5.04. The lowest BCUT2D eigenvalue weighted by Crippen LogP contribution is -1.87. The smallest absolute Gasteiger partial charge is 0.0443 e. The molecule has 0 aliphatic carbocycles. The molecule has 0 rings (SSSR count). The Morgan fingerprint density at radius 3 is 2.50 bits per heavy atom. The molecule has 2 N–H and O–H groups in total. The van der Waals surface area contributed by atoms with Gasteiger partial charge in [-0.3, -0.25) is 4.99 Å². The van der Waals surface area contributed by atoms with Crippen LogP contribution in [-0.4, -0.2) is 12.3 Å². The first kappa shape index (κ1) is 7.21. The molecular weight excluding hydrogens is 100 g/mol. The van der Waals surface area contributed by atoms with Crippen LogP contribution in [0, 0.1) is 0 Å². The van der Waals surface area contributed by atoms with Crippen molar-refractivity contribution in [2.24, 2.45) is 10.7 Å². The lowest BCUT2D eigenvalue weighted by Gasteiger charge is -1.88. The Morgan fingerprint density at radius 1 is 1.50 bits per heavy atom. The van der Waals surface area contributed by atoms with Gasteiger partial charge >= 0.3 is 0 Å². The zero-order valence-electron chi connectivity index (χ0n) is 5.33. The maximum Gasteiger partial charge on any atom is 0.0443 e. The van der Waals surface area contributed by atoms with Crippen LogP contribution in [-0.2, 0) is 0 Å². The molecule has 8 heavy (non-hydrogen) atoms. The molecule has 0 radical (unpaired) electrons. The Balaban J connectivity index is 3.34. The Morgan fingerprint density at radius 2 is 2.12 bits per heavy atom. The molecule has 2 nitrogen and oxygen atoms in total. The topological polar surface area (TPSA) is 38.4 Å². The zero-order valence-corrected chi connectivity index (χ0v) is 5.33. The maximum absolute atomic E-state index is 5.04. The highest BCUT2D eigenvalue weighted by Crippen LogP contribution is 1.81. The van der Waals surface area contributed by atoms with Gasteiger partial charge in [0.1, 0.15) is 0 Å². The van der Waals surface area contributed by atoms with Crippen molar-refractivity contribution in [2.75, 3.05) is 0 Å². The third-order valence-electron chi connectivity index (χ3n) is 0.581. The second kappa shape index (κ2) is 4.37. The first-order chi connectivity index (χ1) is 3.77. The Hall–Kier alpha value is -0.790. The average molecular weight is 112 g/mol. The Kier molecular flexibility index (Phi) is 3.94. The van der Waals surface area contributed by atoms with Crippen molar-refractivity contribution in [3.63, 3.8) is 0 Å². The summed E-state index contributed by atoms with van der Waals surface area (Å²) in [6.07, 6.45) is 4.87. The molecule has 0 aromatic carbocycles. The third-order valence-corrected chi connectivity index (χ3v) is 0.581. The highest BCUT2D eigenvalue weighted by molar-refractivity contribution is 5.70. The number of nitrogens with zero attached hydrogens (tertiary/aromatic N) is 1. The summed E-state index contributed by atoms with van der Waals surface area (Å²) in [5.74, 6) is 0. The molecule has 0 atom stereocenters. The van der Waals surface area contributed by atoms with Crippen molar-refractivity contribution in [2.45, 2.75) is 19.9 Å². The van der Waals surface area contributed by atoms with Gasteiger partial charge in [0.05, 0.1) is 0 Å². The summed E-state index contributed by atoms with van der Waals surface area (Å²) < 4.78 is 0. The number of rotatable bonds is 2. The largest absolute Gasteiger partial charge is 0.405 e. The van der Waals surface area contributed by atoms with Crippen LogP contribution in [0.2, 0.25) is 0 Å². The molecule has 0 bridgehead atoms. The van der Waals surface area contributed by atoms with Gasteiger partial charge in [-0.1, -0.05) is 0 Å². The molecule has 0 fully saturated rings. The second-order valence-corrected chi connectivity index (χ2v) is 1.78. The Labute approximate surface area is 50.1 Å². The fourth-order valence-electron chi connectivity index (χ4n) is 0.272. The molecule has 2 heteroatoms.